The summed E-state index contributed by atoms with van der Waals surface area (Å²) in [6.45, 7) is 1.55. The lowest BCUT2D eigenvalue weighted by Gasteiger charge is -2.21. The van der Waals surface area contributed by atoms with Gasteiger partial charge in [0.1, 0.15) is 6.10 Å². The molecule has 1 unspecified atom stereocenters. The van der Waals surface area contributed by atoms with Crippen molar-refractivity contribution in [1.29, 1.82) is 0 Å². The zero-order chi connectivity index (χ0) is 19.1. The van der Waals surface area contributed by atoms with E-state index in [1.165, 1.54) is 6.92 Å². The Hall–Kier alpha value is -0.990. The lowest BCUT2D eigenvalue weighted by Crippen LogP contribution is -2.41. The molecule has 148 valence electrons. The summed E-state index contributed by atoms with van der Waals surface area (Å²) in [7, 11) is -3.77. The van der Waals surface area contributed by atoms with E-state index in [9.17, 15) is 19.0 Å². The SMILES string of the molecule is CCP(=O)(O)OC(CNC(=O)CCCCO)CNC(=O)CCCCO. The maximum atomic E-state index is 11.8. The van der Waals surface area contributed by atoms with Crippen LogP contribution in [0.25, 0.3) is 0 Å². The molecule has 0 aliphatic rings. The van der Waals surface area contributed by atoms with E-state index in [2.05, 4.69) is 10.6 Å². The van der Waals surface area contributed by atoms with Gasteiger partial charge in [-0.25, -0.2) is 0 Å². The summed E-state index contributed by atoms with van der Waals surface area (Å²) in [4.78, 5) is 33.0. The van der Waals surface area contributed by atoms with Gasteiger partial charge in [0, 0.05) is 45.3 Å². The molecule has 0 heterocycles. The first-order chi connectivity index (χ1) is 11.8. The van der Waals surface area contributed by atoms with E-state index in [1.807, 2.05) is 0 Å². The lowest BCUT2D eigenvalue weighted by atomic mass is 10.2. The Bertz CT molecular complexity index is 408. The first kappa shape index (κ1) is 24.0. The van der Waals surface area contributed by atoms with Crippen LogP contribution in [0.1, 0.15) is 45.4 Å². The molecule has 5 N–H and O–H groups in total. The zero-order valence-corrected chi connectivity index (χ0v) is 15.7. The van der Waals surface area contributed by atoms with Crippen LogP contribution in [0.3, 0.4) is 0 Å². The van der Waals surface area contributed by atoms with Crippen molar-refractivity contribution in [2.45, 2.75) is 51.6 Å². The number of amides is 2. The molecular formula is C15H31N2O7P. The van der Waals surface area contributed by atoms with E-state index in [0.717, 1.165) is 0 Å². The van der Waals surface area contributed by atoms with Gasteiger partial charge in [0.15, 0.2) is 0 Å². The molecule has 0 aromatic heterocycles. The van der Waals surface area contributed by atoms with E-state index in [0.29, 0.717) is 25.7 Å². The third-order valence-corrected chi connectivity index (χ3v) is 4.82. The van der Waals surface area contributed by atoms with Crippen molar-refractivity contribution in [2.75, 3.05) is 32.5 Å². The summed E-state index contributed by atoms with van der Waals surface area (Å²) >= 11 is 0. The number of aliphatic hydroxyl groups is 2. The number of nitrogens with one attached hydrogen (secondary N) is 2. The third-order valence-electron chi connectivity index (χ3n) is 3.39. The Labute approximate surface area is 148 Å². The molecule has 0 saturated carbocycles. The highest BCUT2D eigenvalue weighted by molar-refractivity contribution is 7.52. The maximum absolute atomic E-state index is 11.8. The van der Waals surface area contributed by atoms with Gasteiger partial charge in [-0.2, -0.15) is 0 Å². The van der Waals surface area contributed by atoms with Crippen LogP contribution >= 0.6 is 7.60 Å². The quantitative estimate of drug-likeness (QED) is 0.200. The van der Waals surface area contributed by atoms with Gasteiger partial charge in [-0.3, -0.25) is 14.2 Å². The van der Waals surface area contributed by atoms with Gasteiger partial charge < -0.3 is 30.3 Å². The van der Waals surface area contributed by atoms with Crippen LogP contribution in [-0.4, -0.2) is 65.5 Å². The van der Waals surface area contributed by atoms with Crippen LogP contribution in [0, 0.1) is 0 Å². The van der Waals surface area contributed by atoms with Crippen LogP contribution in [0.5, 0.6) is 0 Å². The Kier molecular flexibility index (Phi) is 13.6. The molecule has 25 heavy (non-hydrogen) atoms. The zero-order valence-electron chi connectivity index (χ0n) is 14.8. The Morgan fingerprint density at radius 3 is 1.76 bits per heavy atom. The topological polar surface area (TPSA) is 145 Å². The first-order valence-corrected chi connectivity index (χ1v) is 10.4. The van der Waals surface area contributed by atoms with Crippen molar-refractivity contribution in [3.63, 3.8) is 0 Å². The Balaban J connectivity index is 4.38. The van der Waals surface area contributed by atoms with E-state index in [-0.39, 0.29) is 57.1 Å². The molecule has 0 aromatic carbocycles. The van der Waals surface area contributed by atoms with E-state index < -0.39 is 13.7 Å². The van der Waals surface area contributed by atoms with Crippen molar-refractivity contribution in [3.8, 4) is 0 Å². The van der Waals surface area contributed by atoms with Gasteiger partial charge in [0.05, 0.1) is 0 Å². The number of carbonyl (C=O) groups is 2. The van der Waals surface area contributed by atoms with E-state index in [1.54, 1.807) is 0 Å². The highest BCUT2D eigenvalue weighted by Gasteiger charge is 2.23. The molecule has 0 rings (SSSR count). The minimum atomic E-state index is -3.77. The fourth-order valence-electron chi connectivity index (χ4n) is 1.88. The normalized spacial score (nSPS) is 13.5. The number of rotatable bonds is 15. The number of hydrogen-bond acceptors (Lipinski definition) is 6. The third kappa shape index (κ3) is 13.9. The van der Waals surface area contributed by atoms with Gasteiger partial charge in [0.2, 0.25) is 11.8 Å². The first-order valence-electron chi connectivity index (χ1n) is 8.60. The second-order valence-corrected chi connectivity index (χ2v) is 7.77. The average molecular weight is 382 g/mol. The number of carbonyl (C=O) groups excluding carboxylic acids is 2. The smallest absolute Gasteiger partial charge is 0.328 e. The molecule has 10 heteroatoms. The van der Waals surface area contributed by atoms with Gasteiger partial charge in [-0.1, -0.05) is 6.92 Å². The molecule has 1 atom stereocenters. The molecule has 0 fully saturated rings. The molecule has 0 aromatic rings. The number of aliphatic hydroxyl groups excluding tert-OH is 2. The van der Waals surface area contributed by atoms with Crippen LogP contribution in [0.4, 0.5) is 0 Å². The molecule has 0 radical (unpaired) electrons. The lowest BCUT2D eigenvalue weighted by molar-refractivity contribution is -0.121. The Morgan fingerprint density at radius 2 is 1.40 bits per heavy atom. The van der Waals surface area contributed by atoms with Gasteiger partial charge >= 0.3 is 7.60 Å². The summed E-state index contributed by atoms with van der Waals surface area (Å²) < 4.78 is 16.9. The molecule has 2 amide bonds. The average Bonchev–Trinajstić information content (AvgIpc) is 2.57. The molecule has 0 bridgehead atoms. The largest absolute Gasteiger partial charge is 0.396 e. The molecule has 0 spiro atoms. The fourth-order valence-corrected chi connectivity index (χ4v) is 2.65. The highest BCUT2D eigenvalue weighted by atomic mass is 31.2. The minimum Gasteiger partial charge on any atom is -0.396 e. The predicted molar refractivity (Wildman–Crippen MR) is 93.1 cm³/mol. The summed E-state index contributed by atoms with van der Waals surface area (Å²) in [6.07, 6.45) is 1.73. The highest BCUT2D eigenvalue weighted by Crippen LogP contribution is 2.42. The second-order valence-electron chi connectivity index (χ2n) is 5.65. The van der Waals surface area contributed by atoms with Crippen molar-refractivity contribution in [1.82, 2.24) is 10.6 Å². The summed E-state index contributed by atoms with van der Waals surface area (Å²) in [6, 6.07) is 0. The fraction of sp³-hybridized carbons (Fsp3) is 0.867. The van der Waals surface area contributed by atoms with Gasteiger partial charge in [-0.05, 0) is 25.7 Å². The molecule has 0 aliphatic heterocycles. The molecular weight excluding hydrogens is 351 g/mol. The van der Waals surface area contributed by atoms with Crippen LogP contribution in [0.15, 0.2) is 0 Å². The van der Waals surface area contributed by atoms with Crippen LogP contribution in [-0.2, 0) is 18.7 Å². The number of hydrogen-bond donors (Lipinski definition) is 5. The summed E-state index contributed by atoms with van der Waals surface area (Å²) in [5, 5.41) is 22.6. The molecule has 0 saturated heterocycles. The van der Waals surface area contributed by atoms with Crippen molar-refractivity contribution >= 4 is 19.4 Å². The van der Waals surface area contributed by atoms with Crippen LogP contribution < -0.4 is 10.6 Å². The van der Waals surface area contributed by atoms with E-state index >= 15 is 0 Å². The Morgan fingerprint density at radius 1 is 0.960 bits per heavy atom. The van der Waals surface area contributed by atoms with Crippen molar-refractivity contribution < 1.29 is 33.8 Å². The van der Waals surface area contributed by atoms with Gasteiger partial charge in [-0.15, -0.1) is 0 Å². The summed E-state index contributed by atoms with van der Waals surface area (Å²) in [5.74, 6) is -0.499. The molecule has 0 aliphatic carbocycles. The molecule has 9 nitrogen and oxygen atoms in total. The predicted octanol–water partition coefficient (Wildman–Crippen LogP) is 0.134. The van der Waals surface area contributed by atoms with Crippen LogP contribution in [0.2, 0.25) is 0 Å². The second kappa shape index (κ2) is 14.2. The monoisotopic (exact) mass is 382 g/mol. The van der Waals surface area contributed by atoms with Crippen molar-refractivity contribution in [2.24, 2.45) is 0 Å². The van der Waals surface area contributed by atoms with E-state index in [4.69, 9.17) is 14.7 Å². The van der Waals surface area contributed by atoms with Crippen molar-refractivity contribution in [3.05, 3.63) is 0 Å². The maximum Gasteiger partial charge on any atom is 0.328 e. The standard InChI is InChI=1S/C15H31N2O7P/c1-2-25(22,23)24-13(11-16-14(20)7-3-5-9-18)12-17-15(21)8-4-6-10-19/h13,18-19H,2-12H2,1H3,(H,16,20)(H,17,21)(H,22,23). The van der Waals surface area contributed by atoms with Gasteiger partial charge in [0.25, 0.3) is 0 Å². The summed E-state index contributed by atoms with van der Waals surface area (Å²) in [5.41, 5.74) is 0. The number of unbranched alkanes of at least 4 members (excludes halogenated alkanes) is 2. The minimum absolute atomic E-state index is 0.000567.